The lowest BCUT2D eigenvalue weighted by atomic mass is 10.1. The highest BCUT2D eigenvalue weighted by Gasteiger charge is 2.21. The van der Waals surface area contributed by atoms with E-state index in [9.17, 15) is 13.9 Å². The fourth-order valence-electron chi connectivity index (χ4n) is 2.51. The molecule has 0 radical (unpaired) electrons. The number of aliphatic hydroxyl groups excluding tert-OH is 1. The van der Waals surface area contributed by atoms with Crippen molar-refractivity contribution >= 4 is 0 Å². The fraction of sp³-hybridized carbons (Fsp3) is 0.571. The van der Waals surface area contributed by atoms with Crippen molar-refractivity contribution in [3.63, 3.8) is 0 Å². The zero-order chi connectivity index (χ0) is 13.1. The van der Waals surface area contributed by atoms with Crippen LogP contribution >= 0.6 is 0 Å². The lowest BCUT2D eigenvalue weighted by Gasteiger charge is -2.16. The van der Waals surface area contributed by atoms with Crippen LogP contribution in [0.1, 0.15) is 37.9 Å². The zero-order valence-electron chi connectivity index (χ0n) is 10.5. The van der Waals surface area contributed by atoms with Crippen molar-refractivity contribution in [3.8, 4) is 0 Å². The molecule has 1 aliphatic rings. The molecule has 0 aromatic heterocycles. The average molecular weight is 255 g/mol. The minimum atomic E-state index is -0.916. The molecule has 1 fully saturated rings. The van der Waals surface area contributed by atoms with Crippen LogP contribution in [-0.4, -0.2) is 17.7 Å². The molecule has 1 aromatic carbocycles. The predicted octanol–water partition coefficient (Wildman–Crippen LogP) is 2.78. The second-order valence-corrected chi connectivity index (χ2v) is 5.21. The van der Waals surface area contributed by atoms with Gasteiger partial charge in [0, 0.05) is 12.6 Å². The first-order chi connectivity index (χ1) is 8.56. The molecule has 0 aliphatic heterocycles. The van der Waals surface area contributed by atoms with E-state index in [4.69, 9.17) is 0 Å². The minimum absolute atomic E-state index is 0.377. The van der Waals surface area contributed by atoms with Gasteiger partial charge in [-0.1, -0.05) is 13.0 Å². The molecule has 3 atom stereocenters. The molecule has 0 amide bonds. The Bertz CT molecular complexity index is 411. The Balaban J connectivity index is 1.87. The van der Waals surface area contributed by atoms with Gasteiger partial charge >= 0.3 is 0 Å². The van der Waals surface area contributed by atoms with E-state index in [2.05, 4.69) is 12.2 Å². The number of hydrogen-bond acceptors (Lipinski definition) is 2. The molecule has 0 spiro atoms. The maximum Gasteiger partial charge on any atom is 0.159 e. The van der Waals surface area contributed by atoms with Gasteiger partial charge in [0.05, 0.1) is 6.10 Å². The maximum absolute atomic E-state index is 13.0. The van der Waals surface area contributed by atoms with Crippen molar-refractivity contribution in [3.05, 3.63) is 35.4 Å². The second-order valence-electron chi connectivity index (χ2n) is 5.21. The number of nitrogens with one attached hydrogen (secondary N) is 1. The predicted molar refractivity (Wildman–Crippen MR) is 66.1 cm³/mol. The van der Waals surface area contributed by atoms with Crippen LogP contribution in [0.2, 0.25) is 0 Å². The van der Waals surface area contributed by atoms with E-state index in [0.717, 1.165) is 30.9 Å². The molecule has 2 N–H and O–H groups in total. The molecule has 0 saturated heterocycles. The van der Waals surface area contributed by atoms with E-state index in [1.807, 2.05) is 0 Å². The summed E-state index contributed by atoms with van der Waals surface area (Å²) in [5.74, 6) is -1.08. The highest BCUT2D eigenvalue weighted by atomic mass is 19.2. The van der Waals surface area contributed by atoms with Gasteiger partial charge in [-0.2, -0.15) is 0 Å². The SMILES string of the molecule is CC1CCC(NCC(O)c2ccc(F)c(F)c2)C1. The topological polar surface area (TPSA) is 32.3 Å². The van der Waals surface area contributed by atoms with Crippen molar-refractivity contribution in [1.82, 2.24) is 5.32 Å². The standard InChI is InChI=1S/C14H19F2NO/c1-9-2-4-11(6-9)17-8-14(18)10-3-5-12(15)13(16)7-10/h3,5,7,9,11,14,17-18H,2,4,6,8H2,1H3. The molecule has 3 unspecified atom stereocenters. The fourth-order valence-corrected chi connectivity index (χ4v) is 2.51. The Morgan fingerprint density at radius 3 is 2.72 bits per heavy atom. The highest BCUT2D eigenvalue weighted by Crippen LogP contribution is 2.25. The first-order valence-electron chi connectivity index (χ1n) is 6.42. The van der Waals surface area contributed by atoms with Gasteiger partial charge in [0.1, 0.15) is 0 Å². The van der Waals surface area contributed by atoms with E-state index >= 15 is 0 Å². The third-order valence-electron chi connectivity index (χ3n) is 3.62. The summed E-state index contributed by atoms with van der Waals surface area (Å²) in [7, 11) is 0. The third-order valence-corrected chi connectivity index (χ3v) is 3.62. The second kappa shape index (κ2) is 5.76. The van der Waals surface area contributed by atoms with Crippen LogP contribution < -0.4 is 5.32 Å². The summed E-state index contributed by atoms with van der Waals surface area (Å²) in [5, 5.41) is 13.2. The Morgan fingerprint density at radius 1 is 1.33 bits per heavy atom. The molecule has 0 heterocycles. The summed E-state index contributed by atoms with van der Waals surface area (Å²) in [4.78, 5) is 0. The van der Waals surface area contributed by atoms with Crippen LogP contribution in [0, 0.1) is 17.6 Å². The monoisotopic (exact) mass is 255 g/mol. The summed E-state index contributed by atoms with van der Waals surface area (Å²) in [6.07, 6.45) is 2.64. The Hall–Kier alpha value is -1.00. The Morgan fingerprint density at radius 2 is 2.11 bits per heavy atom. The minimum Gasteiger partial charge on any atom is -0.387 e. The van der Waals surface area contributed by atoms with Gasteiger partial charge in [-0.25, -0.2) is 8.78 Å². The van der Waals surface area contributed by atoms with Gasteiger partial charge in [0.2, 0.25) is 0 Å². The zero-order valence-corrected chi connectivity index (χ0v) is 10.5. The van der Waals surface area contributed by atoms with Crippen molar-refractivity contribution in [2.24, 2.45) is 5.92 Å². The van der Waals surface area contributed by atoms with Gasteiger partial charge < -0.3 is 10.4 Å². The molecule has 100 valence electrons. The lowest BCUT2D eigenvalue weighted by molar-refractivity contribution is 0.169. The lowest BCUT2D eigenvalue weighted by Crippen LogP contribution is -2.30. The molecule has 2 rings (SSSR count). The van der Waals surface area contributed by atoms with Crippen molar-refractivity contribution in [2.75, 3.05) is 6.54 Å². The molecular formula is C14H19F2NO. The average Bonchev–Trinajstić information content (AvgIpc) is 2.75. The van der Waals surface area contributed by atoms with Crippen LogP contribution in [0.25, 0.3) is 0 Å². The van der Waals surface area contributed by atoms with Gasteiger partial charge in [-0.05, 0) is 42.9 Å². The van der Waals surface area contributed by atoms with E-state index in [1.165, 1.54) is 12.5 Å². The summed E-state index contributed by atoms with van der Waals surface area (Å²) >= 11 is 0. The molecule has 2 nitrogen and oxygen atoms in total. The molecule has 18 heavy (non-hydrogen) atoms. The first kappa shape index (κ1) is 13.4. The molecule has 0 bridgehead atoms. The van der Waals surface area contributed by atoms with E-state index in [0.29, 0.717) is 18.2 Å². The number of hydrogen-bond donors (Lipinski definition) is 2. The number of halogens is 2. The van der Waals surface area contributed by atoms with Gasteiger partial charge in [0.15, 0.2) is 11.6 Å². The summed E-state index contributed by atoms with van der Waals surface area (Å²) in [5.41, 5.74) is 0.410. The van der Waals surface area contributed by atoms with Gasteiger partial charge in [-0.15, -0.1) is 0 Å². The number of rotatable bonds is 4. The van der Waals surface area contributed by atoms with E-state index in [1.54, 1.807) is 0 Å². The van der Waals surface area contributed by atoms with Gasteiger partial charge in [0.25, 0.3) is 0 Å². The van der Waals surface area contributed by atoms with Crippen LogP contribution in [-0.2, 0) is 0 Å². The Kier molecular flexibility index (Phi) is 4.30. The van der Waals surface area contributed by atoms with Crippen molar-refractivity contribution in [2.45, 2.75) is 38.3 Å². The highest BCUT2D eigenvalue weighted by molar-refractivity contribution is 5.20. The smallest absolute Gasteiger partial charge is 0.159 e. The molecule has 1 aromatic rings. The summed E-state index contributed by atoms with van der Waals surface area (Å²) < 4.78 is 25.8. The summed E-state index contributed by atoms with van der Waals surface area (Å²) in [6, 6.07) is 3.95. The summed E-state index contributed by atoms with van der Waals surface area (Å²) in [6.45, 7) is 2.59. The first-order valence-corrected chi connectivity index (χ1v) is 6.42. The number of aliphatic hydroxyl groups is 1. The van der Waals surface area contributed by atoms with E-state index in [-0.39, 0.29) is 0 Å². The molecule has 1 saturated carbocycles. The van der Waals surface area contributed by atoms with E-state index < -0.39 is 17.7 Å². The number of benzene rings is 1. The van der Waals surface area contributed by atoms with Crippen LogP contribution in [0.3, 0.4) is 0 Å². The molecule has 4 heteroatoms. The quantitative estimate of drug-likeness (QED) is 0.867. The third kappa shape index (κ3) is 3.27. The van der Waals surface area contributed by atoms with Crippen LogP contribution in [0.4, 0.5) is 8.78 Å². The van der Waals surface area contributed by atoms with Crippen LogP contribution in [0.15, 0.2) is 18.2 Å². The maximum atomic E-state index is 13.0. The van der Waals surface area contributed by atoms with Crippen molar-refractivity contribution < 1.29 is 13.9 Å². The van der Waals surface area contributed by atoms with Crippen LogP contribution in [0.5, 0.6) is 0 Å². The molecular weight excluding hydrogens is 236 g/mol. The largest absolute Gasteiger partial charge is 0.387 e. The Labute approximate surface area is 106 Å². The van der Waals surface area contributed by atoms with Crippen molar-refractivity contribution in [1.29, 1.82) is 0 Å². The van der Waals surface area contributed by atoms with Gasteiger partial charge in [-0.3, -0.25) is 0 Å². The molecule has 1 aliphatic carbocycles. The normalized spacial score (nSPS) is 25.3.